The van der Waals surface area contributed by atoms with Crippen LogP contribution in [0.25, 0.3) is 0 Å². The molecule has 2 atom stereocenters. The summed E-state index contributed by atoms with van der Waals surface area (Å²) in [5, 5.41) is 0. The van der Waals surface area contributed by atoms with E-state index in [9.17, 15) is 0 Å². The SMILES string of the molecule is CC(N)CC(C)C1CCOCC1. The van der Waals surface area contributed by atoms with Crippen LogP contribution in [0.2, 0.25) is 0 Å². The highest BCUT2D eigenvalue weighted by Gasteiger charge is 2.20. The van der Waals surface area contributed by atoms with Crippen LogP contribution in [0.1, 0.15) is 33.1 Å². The van der Waals surface area contributed by atoms with E-state index < -0.39 is 0 Å². The van der Waals surface area contributed by atoms with Crippen molar-refractivity contribution in [3.8, 4) is 0 Å². The van der Waals surface area contributed by atoms with Gasteiger partial charge < -0.3 is 10.5 Å². The Balaban J connectivity index is 2.24. The van der Waals surface area contributed by atoms with Gasteiger partial charge >= 0.3 is 0 Å². The van der Waals surface area contributed by atoms with E-state index in [0.29, 0.717) is 6.04 Å². The van der Waals surface area contributed by atoms with Crippen LogP contribution >= 0.6 is 0 Å². The quantitative estimate of drug-likeness (QED) is 0.702. The van der Waals surface area contributed by atoms with E-state index in [4.69, 9.17) is 10.5 Å². The Labute approximate surface area is 75.5 Å². The van der Waals surface area contributed by atoms with E-state index in [0.717, 1.165) is 31.5 Å². The average molecular weight is 171 g/mol. The summed E-state index contributed by atoms with van der Waals surface area (Å²) < 4.78 is 5.32. The maximum atomic E-state index is 5.77. The first kappa shape index (κ1) is 10.0. The molecule has 0 aromatic heterocycles. The molecule has 12 heavy (non-hydrogen) atoms. The lowest BCUT2D eigenvalue weighted by molar-refractivity contribution is 0.0472. The fraction of sp³-hybridized carbons (Fsp3) is 1.00. The van der Waals surface area contributed by atoms with Crippen molar-refractivity contribution in [1.82, 2.24) is 0 Å². The second-order valence-electron chi connectivity index (χ2n) is 4.14. The molecule has 1 rings (SSSR count). The molecule has 0 amide bonds. The first-order valence-corrected chi connectivity index (χ1v) is 5.03. The second kappa shape index (κ2) is 4.83. The zero-order chi connectivity index (χ0) is 8.97. The summed E-state index contributed by atoms with van der Waals surface area (Å²) in [7, 11) is 0. The van der Waals surface area contributed by atoms with Gasteiger partial charge in [-0.05, 0) is 38.0 Å². The van der Waals surface area contributed by atoms with Gasteiger partial charge in [0.1, 0.15) is 0 Å². The Hall–Kier alpha value is -0.0800. The smallest absolute Gasteiger partial charge is 0.0468 e. The summed E-state index contributed by atoms with van der Waals surface area (Å²) in [6.07, 6.45) is 3.62. The average Bonchev–Trinajstić information content (AvgIpc) is 2.05. The van der Waals surface area contributed by atoms with Gasteiger partial charge in [-0.3, -0.25) is 0 Å². The highest BCUT2D eigenvalue weighted by molar-refractivity contribution is 4.72. The van der Waals surface area contributed by atoms with Crippen LogP contribution in [-0.2, 0) is 4.74 Å². The molecule has 2 nitrogen and oxygen atoms in total. The predicted octanol–water partition coefficient (Wildman–Crippen LogP) is 1.79. The molecule has 1 fully saturated rings. The summed E-state index contributed by atoms with van der Waals surface area (Å²) in [6.45, 7) is 6.32. The molecular weight excluding hydrogens is 150 g/mol. The summed E-state index contributed by atoms with van der Waals surface area (Å²) in [5.41, 5.74) is 5.77. The van der Waals surface area contributed by atoms with E-state index in [1.165, 1.54) is 12.8 Å². The van der Waals surface area contributed by atoms with E-state index in [1.54, 1.807) is 0 Å². The van der Waals surface area contributed by atoms with Crippen molar-refractivity contribution in [3.63, 3.8) is 0 Å². The van der Waals surface area contributed by atoms with Crippen LogP contribution in [0, 0.1) is 11.8 Å². The molecule has 1 aliphatic rings. The lowest BCUT2D eigenvalue weighted by Crippen LogP contribution is -2.26. The Morgan fingerprint density at radius 2 is 1.92 bits per heavy atom. The van der Waals surface area contributed by atoms with Gasteiger partial charge in [0.05, 0.1) is 0 Å². The zero-order valence-electron chi connectivity index (χ0n) is 8.25. The van der Waals surface area contributed by atoms with E-state index in [2.05, 4.69) is 13.8 Å². The van der Waals surface area contributed by atoms with Crippen molar-refractivity contribution in [1.29, 1.82) is 0 Å². The molecule has 0 bridgehead atoms. The molecule has 0 aromatic carbocycles. The molecule has 1 heterocycles. The van der Waals surface area contributed by atoms with Gasteiger partial charge in [0.15, 0.2) is 0 Å². The van der Waals surface area contributed by atoms with E-state index >= 15 is 0 Å². The third kappa shape index (κ3) is 3.11. The third-order valence-corrected chi connectivity index (χ3v) is 2.81. The largest absolute Gasteiger partial charge is 0.381 e. The van der Waals surface area contributed by atoms with Crippen LogP contribution in [-0.4, -0.2) is 19.3 Å². The molecule has 0 aromatic rings. The molecule has 2 N–H and O–H groups in total. The lowest BCUT2D eigenvalue weighted by Gasteiger charge is -2.28. The predicted molar refractivity (Wildman–Crippen MR) is 51.0 cm³/mol. The molecule has 2 unspecified atom stereocenters. The highest BCUT2D eigenvalue weighted by atomic mass is 16.5. The first-order chi connectivity index (χ1) is 5.70. The molecule has 0 saturated carbocycles. The number of hydrogen-bond donors (Lipinski definition) is 1. The minimum Gasteiger partial charge on any atom is -0.381 e. The number of hydrogen-bond acceptors (Lipinski definition) is 2. The fourth-order valence-corrected chi connectivity index (χ4v) is 2.06. The number of ether oxygens (including phenoxy) is 1. The molecule has 72 valence electrons. The van der Waals surface area contributed by atoms with E-state index in [-0.39, 0.29) is 0 Å². The summed E-state index contributed by atoms with van der Waals surface area (Å²) in [4.78, 5) is 0. The molecule has 0 aliphatic carbocycles. The molecule has 2 heteroatoms. The van der Waals surface area contributed by atoms with E-state index in [1.807, 2.05) is 0 Å². The lowest BCUT2D eigenvalue weighted by atomic mass is 9.84. The fourth-order valence-electron chi connectivity index (χ4n) is 2.06. The minimum atomic E-state index is 0.350. The normalized spacial score (nSPS) is 25.2. The highest BCUT2D eigenvalue weighted by Crippen LogP contribution is 2.26. The third-order valence-electron chi connectivity index (χ3n) is 2.81. The van der Waals surface area contributed by atoms with Crippen LogP contribution in [0.5, 0.6) is 0 Å². The second-order valence-corrected chi connectivity index (χ2v) is 4.14. The van der Waals surface area contributed by atoms with Crippen molar-refractivity contribution in [2.75, 3.05) is 13.2 Å². The standard InChI is InChI=1S/C10H21NO/c1-8(7-9(2)11)10-3-5-12-6-4-10/h8-10H,3-7,11H2,1-2H3. The molecule has 1 aliphatic heterocycles. The first-order valence-electron chi connectivity index (χ1n) is 5.03. The van der Waals surface area contributed by atoms with Crippen LogP contribution in [0.3, 0.4) is 0 Å². The van der Waals surface area contributed by atoms with Gasteiger partial charge in [0.25, 0.3) is 0 Å². The maximum absolute atomic E-state index is 5.77. The Bertz CT molecular complexity index is 119. The van der Waals surface area contributed by atoms with Gasteiger partial charge in [0, 0.05) is 19.3 Å². The van der Waals surface area contributed by atoms with Gasteiger partial charge in [-0.1, -0.05) is 6.92 Å². The van der Waals surface area contributed by atoms with Crippen LogP contribution in [0.4, 0.5) is 0 Å². The Kier molecular flexibility index (Phi) is 4.02. The summed E-state index contributed by atoms with van der Waals surface area (Å²) in [6, 6.07) is 0.350. The van der Waals surface area contributed by atoms with Crippen molar-refractivity contribution in [2.45, 2.75) is 39.2 Å². The van der Waals surface area contributed by atoms with Crippen molar-refractivity contribution >= 4 is 0 Å². The summed E-state index contributed by atoms with van der Waals surface area (Å²) in [5.74, 6) is 1.62. The van der Waals surface area contributed by atoms with Gasteiger partial charge in [-0.25, -0.2) is 0 Å². The van der Waals surface area contributed by atoms with Crippen LogP contribution in [0.15, 0.2) is 0 Å². The summed E-state index contributed by atoms with van der Waals surface area (Å²) >= 11 is 0. The van der Waals surface area contributed by atoms with Gasteiger partial charge in [-0.15, -0.1) is 0 Å². The maximum Gasteiger partial charge on any atom is 0.0468 e. The van der Waals surface area contributed by atoms with Gasteiger partial charge in [0.2, 0.25) is 0 Å². The Morgan fingerprint density at radius 3 is 2.42 bits per heavy atom. The number of rotatable bonds is 3. The molecule has 1 saturated heterocycles. The monoisotopic (exact) mass is 171 g/mol. The van der Waals surface area contributed by atoms with Gasteiger partial charge in [-0.2, -0.15) is 0 Å². The van der Waals surface area contributed by atoms with Crippen molar-refractivity contribution in [3.05, 3.63) is 0 Å². The number of nitrogens with two attached hydrogens (primary N) is 1. The minimum absolute atomic E-state index is 0.350. The van der Waals surface area contributed by atoms with Crippen molar-refractivity contribution < 1.29 is 4.74 Å². The Morgan fingerprint density at radius 1 is 1.33 bits per heavy atom. The zero-order valence-corrected chi connectivity index (χ0v) is 8.25. The molecular formula is C10H21NO. The molecule has 0 radical (unpaired) electrons. The topological polar surface area (TPSA) is 35.2 Å². The molecule has 0 spiro atoms. The van der Waals surface area contributed by atoms with Crippen LogP contribution < -0.4 is 5.73 Å². The van der Waals surface area contributed by atoms with Crippen molar-refractivity contribution in [2.24, 2.45) is 17.6 Å².